The molecule has 0 aromatic carbocycles. The molecule has 5 heteroatoms. The second-order valence-corrected chi connectivity index (χ2v) is 14.7. The number of carbonyl (C=O) groups excluding carboxylic acids is 1. The first kappa shape index (κ1) is 22.4. The number of esters is 1. The maximum absolute atomic E-state index is 11.6. The van der Waals surface area contributed by atoms with Crippen LogP contribution in [0.5, 0.6) is 0 Å². The third-order valence-corrected chi connectivity index (χ3v) is 10.4. The summed E-state index contributed by atoms with van der Waals surface area (Å²) < 4.78 is 18.6. The van der Waals surface area contributed by atoms with Crippen LogP contribution in [0, 0.1) is 0 Å². The number of allylic oxidation sites excluding steroid dienone is 1. The minimum atomic E-state index is -1.89. The average molecular weight is 395 g/mol. The molecule has 0 bridgehead atoms. The zero-order valence-electron chi connectivity index (χ0n) is 18.4. The molecule has 1 saturated heterocycles. The van der Waals surface area contributed by atoms with E-state index in [0.29, 0.717) is 0 Å². The quantitative estimate of drug-likeness (QED) is 0.337. The van der Waals surface area contributed by atoms with Gasteiger partial charge in [0.2, 0.25) is 0 Å². The molecule has 154 valence electrons. The van der Waals surface area contributed by atoms with Crippen LogP contribution in [0.4, 0.5) is 0 Å². The molecule has 0 aromatic rings. The molecule has 1 fully saturated rings. The van der Waals surface area contributed by atoms with E-state index in [1.807, 2.05) is 6.92 Å². The van der Waals surface area contributed by atoms with Crippen LogP contribution in [0.3, 0.4) is 0 Å². The van der Waals surface area contributed by atoms with Gasteiger partial charge in [-0.25, -0.2) is 4.79 Å². The second-order valence-electron chi connectivity index (χ2n) is 9.95. The van der Waals surface area contributed by atoms with E-state index in [1.54, 1.807) is 6.08 Å². The van der Waals surface area contributed by atoms with E-state index in [-0.39, 0.29) is 35.4 Å². The van der Waals surface area contributed by atoms with Gasteiger partial charge < -0.3 is 13.9 Å². The standard InChI is InChI=1S/C22H38O4Si/c1-15(2)11-20(26-27(7,8)22(4,5)6)19-10-9-17(24-19)14-18-12-16(3)13-21(23)25-18/h11,13,17-20H,9-10,12,14H2,1-8H3/t17-,18-,19-,20-/m1/s1. The van der Waals surface area contributed by atoms with Crippen LogP contribution in [-0.2, 0) is 18.7 Å². The third-order valence-electron chi connectivity index (χ3n) is 5.96. The van der Waals surface area contributed by atoms with E-state index in [4.69, 9.17) is 13.9 Å². The van der Waals surface area contributed by atoms with Gasteiger partial charge in [0, 0.05) is 18.9 Å². The first-order valence-electron chi connectivity index (χ1n) is 10.2. The Hall–Kier alpha value is -0.913. The first-order valence-corrected chi connectivity index (χ1v) is 13.1. The van der Waals surface area contributed by atoms with Crippen LogP contribution in [0.25, 0.3) is 0 Å². The normalized spacial score (nSPS) is 27.8. The van der Waals surface area contributed by atoms with Crippen molar-refractivity contribution >= 4 is 14.3 Å². The molecule has 0 aliphatic carbocycles. The van der Waals surface area contributed by atoms with Gasteiger partial charge >= 0.3 is 5.97 Å². The highest BCUT2D eigenvalue weighted by atomic mass is 28.4. The van der Waals surface area contributed by atoms with Crippen LogP contribution in [0.1, 0.15) is 67.2 Å². The van der Waals surface area contributed by atoms with Crippen LogP contribution in [-0.4, -0.2) is 38.7 Å². The highest BCUT2D eigenvalue weighted by molar-refractivity contribution is 6.74. The maximum Gasteiger partial charge on any atom is 0.330 e. The summed E-state index contributed by atoms with van der Waals surface area (Å²) in [6.07, 6.45) is 7.53. The number of carbonyl (C=O) groups is 1. The molecule has 2 aliphatic heterocycles. The van der Waals surface area contributed by atoms with Crippen molar-refractivity contribution in [3.05, 3.63) is 23.3 Å². The molecule has 2 rings (SSSR count). The minimum absolute atomic E-state index is 0.00331. The molecule has 4 nitrogen and oxygen atoms in total. The molecular formula is C22H38O4Si. The summed E-state index contributed by atoms with van der Waals surface area (Å²) in [4.78, 5) is 11.6. The van der Waals surface area contributed by atoms with E-state index in [9.17, 15) is 4.79 Å². The maximum atomic E-state index is 11.6. The topological polar surface area (TPSA) is 44.8 Å². The van der Waals surface area contributed by atoms with E-state index in [2.05, 4.69) is 53.8 Å². The van der Waals surface area contributed by atoms with Crippen LogP contribution < -0.4 is 0 Å². The zero-order valence-corrected chi connectivity index (χ0v) is 19.4. The van der Waals surface area contributed by atoms with Gasteiger partial charge in [-0.2, -0.15) is 0 Å². The SMILES string of the molecule is CC(C)=C[C@@H](O[Si](C)(C)C(C)(C)C)[C@H]1CC[C@H](C[C@H]2CC(C)=CC(=O)O2)O1. The molecule has 0 spiro atoms. The van der Waals surface area contributed by atoms with Gasteiger partial charge in [0.1, 0.15) is 6.10 Å². The fourth-order valence-electron chi connectivity index (χ4n) is 3.50. The number of ether oxygens (including phenoxy) is 2. The molecule has 0 N–H and O–H groups in total. The van der Waals surface area contributed by atoms with Gasteiger partial charge in [0.15, 0.2) is 8.32 Å². The monoisotopic (exact) mass is 394 g/mol. The van der Waals surface area contributed by atoms with Crippen molar-refractivity contribution in [1.82, 2.24) is 0 Å². The Morgan fingerprint density at radius 1 is 1.30 bits per heavy atom. The lowest BCUT2D eigenvalue weighted by Crippen LogP contribution is -2.46. The summed E-state index contributed by atoms with van der Waals surface area (Å²) >= 11 is 0. The summed E-state index contributed by atoms with van der Waals surface area (Å²) in [6.45, 7) is 17.6. The second kappa shape index (κ2) is 8.62. The molecule has 4 atom stereocenters. The van der Waals surface area contributed by atoms with Crippen molar-refractivity contribution in [2.24, 2.45) is 0 Å². The molecule has 2 heterocycles. The van der Waals surface area contributed by atoms with Gasteiger partial charge in [-0.15, -0.1) is 0 Å². The Kier molecular flexibility index (Phi) is 7.15. The van der Waals surface area contributed by atoms with Gasteiger partial charge in [-0.3, -0.25) is 0 Å². The molecule has 0 unspecified atom stereocenters. The lowest BCUT2D eigenvalue weighted by Gasteiger charge is -2.40. The van der Waals surface area contributed by atoms with E-state index < -0.39 is 8.32 Å². The van der Waals surface area contributed by atoms with Crippen molar-refractivity contribution in [3.63, 3.8) is 0 Å². The largest absolute Gasteiger partial charge is 0.459 e. The molecule has 0 saturated carbocycles. The fraction of sp³-hybridized carbons (Fsp3) is 0.773. The van der Waals surface area contributed by atoms with E-state index in [1.165, 1.54) is 5.57 Å². The van der Waals surface area contributed by atoms with Gasteiger partial charge in [-0.05, 0) is 51.7 Å². The number of hydrogen-bond donors (Lipinski definition) is 0. The van der Waals surface area contributed by atoms with Crippen LogP contribution >= 0.6 is 0 Å². The number of cyclic esters (lactones) is 1. The summed E-state index contributed by atoms with van der Waals surface area (Å²) in [6, 6.07) is 0. The average Bonchev–Trinajstić information content (AvgIpc) is 2.91. The van der Waals surface area contributed by atoms with Crippen LogP contribution in [0.15, 0.2) is 23.3 Å². The Bertz CT molecular complexity index is 596. The Morgan fingerprint density at radius 2 is 1.96 bits per heavy atom. The minimum Gasteiger partial charge on any atom is -0.459 e. The molecule has 0 aromatic heterocycles. The predicted octanol–water partition coefficient (Wildman–Crippen LogP) is 5.54. The van der Waals surface area contributed by atoms with Crippen molar-refractivity contribution in [3.8, 4) is 0 Å². The van der Waals surface area contributed by atoms with Crippen molar-refractivity contribution in [2.45, 2.75) is 110 Å². The van der Waals surface area contributed by atoms with Gasteiger partial charge in [0.05, 0.1) is 18.3 Å². The van der Waals surface area contributed by atoms with Crippen molar-refractivity contribution in [2.75, 3.05) is 0 Å². The Morgan fingerprint density at radius 3 is 2.52 bits per heavy atom. The first-order chi connectivity index (χ1) is 12.4. The number of rotatable bonds is 6. The number of hydrogen-bond acceptors (Lipinski definition) is 4. The van der Waals surface area contributed by atoms with Gasteiger partial charge in [0.25, 0.3) is 0 Å². The lowest BCUT2D eigenvalue weighted by atomic mass is 10.00. The van der Waals surface area contributed by atoms with Crippen molar-refractivity contribution < 1.29 is 18.7 Å². The smallest absolute Gasteiger partial charge is 0.330 e. The summed E-state index contributed by atoms with van der Waals surface area (Å²) in [5.41, 5.74) is 2.35. The third kappa shape index (κ3) is 6.30. The highest BCUT2D eigenvalue weighted by Crippen LogP contribution is 2.39. The highest BCUT2D eigenvalue weighted by Gasteiger charge is 2.42. The van der Waals surface area contributed by atoms with Gasteiger partial charge in [-0.1, -0.05) is 38.0 Å². The van der Waals surface area contributed by atoms with E-state index in [0.717, 1.165) is 31.3 Å². The van der Waals surface area contributed by atoms with Crippen LogP contribution in [0.2, 0.25) is 18.1 Å². The summed E-state index contributed by atoms with van der Waals surface area (Å²) in [5, 5.41) is 0.166. The Labute approximate surface area is 166 Å². The molecule has 27 heavy (non-hydrogen) atoms. The zero-order chi connectivity index (χ0) is 20.4. The molecular weight excluding hydrogens is 356 g/mol. The molecule has 0 radical (unpaired) electrons. The van der Waals surface area contributed by atoms with E-state index >= 15 is 0 Å². The Balaban J connectivity index is 2.01. The predicted molar refractivity (Wildman–Crippen MR) is 112 cm³/mol. The fourth-order valence-corrected chi connectivity index (χ4v) is 4.75. The van der Waals surface area contributed by atoms with Crippen molar-refractivity contribution in [1.29, 1.82) is 0 Å². The summed E-state index contributed by atoms with van der Waals surface area (Å²) in [7, 11) is -1.89. The lowest BCUT2D eigenvalue weighted by molar-refractivity contribution is -0.146. The molecule has 2 aliphatic rings. The molecule has 0 amide bonds. The summed E-state index contributed by atoms with van der Waals surface area (Å²) in [5.74, 6) is -0.220.